The van der Waals surface area contributed by atoms with Crippen molar-refractivity contribution in [1.29, 1.82) is 0 Å². The highest BCUT2D eigenvalue weighted by Crippen LogP contribution is 1.99. The van der Waals surface area contributed by atoms with Crippen LogP contribution in [0.15, 0.2) is 23.8 Å². The molecule has 0 aliphatic rings. The first kappa shape index (κ1) is 10.4. The average Bonchev–Trinajstić information content (AvgIpc) is 1.99. The zero-order chi connectivity index (χ0) is 8.53. The Kier molecular flexibility index (Phi) is 7.16. The van der Waals surface area contributed by atoms with Gasteiger partial charge in [0.2, 0.25) is 0 Å². The van der Waals surface area contributed by atoms with Gasteiger partial charge in [-0.25, -0.2) is 0 Å². The lowest BCUT2D eigenvalue weighted by Gasteiger charge is -1.90. The Morgan fingerprint density at radius 2 is 2.18 bits per heavy atom. The first-order valence-corrected chi connectivity index (χ1v) is 4.25. The van der Waals surface area contributed by atoms with Crippen molar-refractivity contribution >= 4 is 0 Å². The maximum absolute atomic E-state index is 8.53. The minimum Gasteiger partial charge on any atom is -0.392 e. The van der Waals surface area contributed by atoms with E-state index in [1.54, 1.807) is 0 Å². The van der Waals surface area contributed by atoms with Gasteiger partial charge in [-0.2, -0.15) is 0 Å². The molecule has 0 aromatic rings. The number of aliphatic hydroxyl groups excluding tert-OH is 1. The summed E-state index contributed by atoms with van der Waals surface area (Å²) < 4.78 is 0. The van der Waals surface area contributed by atoms with Gasteiger partial charge in [-0.15, -0.1) is 0 Å². The molecule has 0 fully saturated rings. The Labute approximate surface area is 69.4 Å². The summed E-state index contributed by atoms with van der Waals surface area (Å²) in [7, 11) is 0. The van der Waals surface area contributed by atoms with Crippen LogP contribution in [0.1, 0.15) is 33.1 Å². The van der Waals surface area contributed by atoms with Crippen molar-refractivity contribution in [1.82, 2.24) is 0 Å². The van der Waals surface area contributed by atoms with E-state index in [4.69, 9.17) is 5.11 Å². The molecule has 0 amide bonds. The van der Waals surface area contributed by atoms with E-state index in [-0.39, 0.29) is 6.61 Å². The molecule has 0 rings (SSSR count). The molecule has 11 heavy (non-hydrogen) atoms. The van der Waals surface area contributed by atoms with Crippen LogP contribution in [0.4, 0.5) is 0 Å². The van der Waals surface area contributed by atoms with Gasteiger partial charge in [-0.05, 0) is 13.3 Å². The van der Waals surface area contributed by atoms with E-state index < -0.39 is 0 Å². The van der Waals surface area contributed by atoms with Crippen molar-refractivity contribution in [2.75, 3.05) is 6.61 Å². The normalized spacial score (nSPS) is 12.8. The second kappa shape index (κ2) is 7.55. The smallest absolute Gasteiger partial charge is 0.0617 e. The largest absolute Gasteiger partial charge is 0.392 e. The maximum atomic E-state index is 8.53. The molecule has 0 aliphatic carbocycles. The minimum atomic E-state index is 0.143. The Balaban J connectivity index is 3.48. The monoisotopic (exact) mass is 154 g/mol. The predicted molar refractivity (Wildman–Crippen MR) is 49.5 cm³/mol. The maximum Gasteiger partial charge on any atom is 0.0617 e. The molecule has 0 aromatic heterocycles. The van der Waals surface area contributed by atoms with Crippen molar-refractivity contribution in [3.05, 3.63) is 23.8 Å². The molecule has 64 valence electrons. The van der Waals surface area contributed by atoms with Crippen molar-refractivity contribution in [2.45, 2.75) is 33.1 Å². The van der Waals surface area contributed by atoms with Gasteiger partial charge in [0.25, 0.3) is 0 Å². The topological polar surface area (TPSA) is 20.2 Å². The lowest BCUT2D eigenvalue weighted by molar-refractivity contribution is 0.342. The Hall–Kier alpha value is -0.560. The lowest BCUT2D eigenvalue weighted by atomic mass is 10.2. The minimum absolute atomic E-state index is 0.143. The van der Waals surface area contributed by atoms with Gasteiger partial charge < -0.3 is 5.11 Å². The fourth-order valence-electron chi connectivity index (χ4n) is 0.803. The summed E-state index contributed by atoms with van der Waals surface area (Å²) in [5, 5.41) is 8.53. The van der Waals surface area contributed by atoms with Gasteiger partial charge in [0.1, 0.15) is 0 Å². The molecule has 0 spiro atoms. The van der Waals surface area contributed by atoms with Crippen LogP contribution in [0.25, 0.3) is 0 Å². The van der Waals surface area contributed by atoms with Crippen LogP contribution in [0, 0.1) is 0 Å². The standard InChI is InChI=1S/C10H18O/c1-3-4-5-6-7-10(2)8-9-11/h6-8,11H,3-5,9H2,1-2H3/b7-6+,10-8-. The highest BCUT2D eigenvalue weighted by molar-refractivity contribution is 5.15. The number of hydrogen-bond donors (Lipinski definition) is 1. The van der Waals surface area contributed by atoms with Gasteiger partial charge in [0.15, 0.2) is 0 Å². The molecule has 0 saturated carbocycles. The van der Waals surface area contributed by atoms with Crippen LogP contribution < -0.4 is 0 Å². The zero-order valence-electron chi connectivity index (χ0n) is 7.51. The Morgan fingerprint density at radius 1 is 1.45 bits per heavy atom. The van der Waals surface area contributed by atoms with Crippen molar-refractivity contribution in [3.8, 4) is 0 Å². The average molecular weight is 154 g/mol. The van der Waals surface area contributed by atoms with Gasteiger partial charge in [0, 0.05) is 0 Å². The third-order valence-electron chi connectivity index (χ3n) is 1.52. The van der Waals surface area contributed by atoms with E-state index in [1.165, 1.54) is 12.8 Å². The first-order chi connectivity index (χ1) is 5.31. The number of hydrogen-bond acceptors (Lipinski definition) is 1. The summed E-state index contributed by atoms with van der Waals surface area (Å²) in [6.45, 7) is 4.33. The number of aliphatic hydroxyl groups is 1. The summed E-state index contributed by atoms with van der Waals surface area (Å²) in [5.41, 5.74) is 1.14. The molecule has 1 N–H and O–H groups in total. The molecule has 0 bridgehead atoms. The van der Waals surface area contributed by atoms with Crippen molar-refractivity contribution in [2.24, 2.45) is 0 Å². The molecule has 0 heterocycles. The highest BCUT2D eigenvalue weighted by Gasteiger charge is 1.80. The van der Waals surface area contributed by atoms with Crippen molar-refractivity contribution in [3.63, 3.8) is 0 Å². The summed E-state index contributed by atoms with van der Waals surface area (Å²) in [4.78, 5) is 0. The van der Waals surface area contributed by atoms with Gasteiger partial charge in [-0.3, -0.25) is 0 Å². The summed E-state index contributed by atoms with van der Waals surface area (Å²) in [6.07, 6.45) is 9.67. The molecule has 0 radical (unpaired) electrons. The second-order valence-corrected chi connectivity index (χ2v) is 2.68. The van der Waals surface area contributed by atoms with E-state index in [0.717, 1.165) is 12.0 Å². The van der Waals surface area contributed by atoms with Crippen LogP contribution in [-0.2, 0) is 0 Å². The molecular weight excluding hydrogens is 136 g/mol. The van der Waals surface area contributed by atoms with Crippen LogP contribution in [-0.4, -0.2) is 11.7 Å². The van der Waals surface area contributed by atoms with Gasteiger partial charge in [-0.1, -0.05) is 43.6 Å². The van der Waals surface area contributed by atoms with E-state index in [1.807, 2.05) is 13.0 Å². The summed E-state index contributed by atoms with van der Waals surface area (Å²) in [5.74, 6) is 0. The predicted octanol–water partition coefficient (Wildman–Crippen LogP) is 2.67. The van der Waals surface area contributed by atoms with Crippen LogP contribution in [0.3, 0.4) is 0 Å². The van der Waals surface area contributed by atoms with E-state index in [2.05, 4.69) is 19.1 Å². The van der Waals surface area contributed by atoms with Crippen LogP contribution in [0.5, 0.6) is 0 Å². The van der Waals surface area contributed by atoms with Gasteiger partial charge in [0.05, 0.1) is 6.61 Å². The number of allylic oxidation sites excluding steroid dienone is 3. The molecule has 0 aliphatic heterocycles. The zero-order valence-corrected chi connectivity index (χ0v) is 7.51. The second-order valence-electron chi connectivity index (χ2n) is 2.68. The van der Waals surface area contributed by atoms with Crippen molar-refractivity contribution < 1.29 is 5.11 Å². The number of unbranched alkanes of at least 4 members (excludes halogenated alkanes) is 2. The fraction of sp³-hybridized carbons (Fsp3) is 0.600. The molecule has 0 saturated heterocycles. The molecular formula is C10H18O. The van der Waals surface area contributed by atoms with Gasteiger partial charge >= 0.3 is 0 Å². The lowest BCUT2D eigenvalue weighted by Crippen LogP contribution is -1.75. The molecule has 1 nitrogen and oxygen atoms in total. The Bertz CT molecular complexity index is 134. The van der Waals surface area contributed by atoms with E-state index >= 15 is 0 Å². The summed E-state index contributed by atoms with van der Waals surface area (Å²) >= 11 is 0. The fourth-order valence-corrected chi connectivity index (χ4v) is 0.803. The third-order valence-corrected chi connectivity index (χ3v) is 1.52. The first-order valence-electron chi connectivity index (χ1n) is 4.25. The highest BCUT2D eigenvalue weighted by atomic mass is 16.2. The SMILES string of the molecule is CCCC/C=C/C(C)=C\CO. The van der Waals surface area contributed by atoms with Crippen LogP contribution in [0.2, 0.25) is 0 Å². The molecule has 0 atom stereocenters. The van der Waals surface area contributed by atoms with Crippen LogP contribution >= 0.6 is 0 Å². The third kappa shape index (κ3) is 7.34. The number of rotatable bonds is 5. The Morgan fingerprint density at radius 3 is 2.73 bits per heavy atom. The molecule has 0 unspecified atom stereocenters. The molecule has 1 heteroatoms. The van der Waals surface area contributed by atoms with E-state index in [9.17, 15) is 0 Å². The summed E-state index contributed by atoms with van der Waals surface area (Å²) in [6, 6.07) is 0. The quantitative estimate of drug-likeness (QED) is 0.477. The van der Waals surface area contributed by atoms with E-state index in [0.29, 0.717) is 0 Å². The molecule has 0 aromatic carbocycles.